The van der Waals surface area contributed by atoms with Crippen molar-refractivity contribution in [1.29, 1.82) is 0 Å². The first-order valence-electron chi connectivity index (χ1n) is 9.24. The monoisotopic (exact) mass is 422 g/mol. The van der Waals surface area contributed by atoms with Crippen molar-refractivity contribution in [2.45, 2.75) is 37.0 Å². The normalized spacial score (nSPS) is 15.3. The van der Waals surface area contributed by atoms with Crippen molar-refractivity contribution in [2.75, 3.05) is 18.4 Å². The molecule has 8 heteroatoms. The average Bonchev–Trinajstić information content (AvgIpc) is 2.70. The van der Waals surface area contributed by atoms with Crippen molar-refractivity contribution in [1.82, 2.24) is 4.31 Å². The summed E-state index contributed by atoms with van der Waals surface area (Å²) in [6.07, 6.45) is 3.52. The van der Waals surface area contributed by atoms with E-state index in [0.29, 0.717) is 24.5 Å². The number of hydrogen-bond donors (Lipinski definition) is 2. The highest BCUT2D eigenvalue weighted by Gasteiger charge is 2.25. The van der Waals surface area contributed by atoms with Crippen molar-refractivity contribution >= 4 is 33.2 Å². The number of amides is 1. The summed E-state index contributed by atoms with van der Waals surface area (Å²) in [5.74, 6) is -0.312. The summed E-state index contributed by atoms with van der Waals surface area (Å²) >= 11 is 5.87. The molecule has 28 heavy (non-hydrogen) atoms. The minimum atomic E-state index is -3.45. The highest BCUT2D eigenvalue weighted by Crippen LogP contribution is 2.27. The molecule has 1 saturated heterocycles. The quantitative estimate of drug-likeness (QED) is 0.693. The molecule has 1 heterocycles. The minimum Gasteiger partial charge on any atom is -0.506 e. The molecule has 150 valence electrons. The highest BCUT2D eigenvalue weighted by molar-refractivity contribution is 7.89. The molecule has 0 saturated carbocycles. The number of rotatable bonds is 6. The van der Waals surface area contributed by atoms with Gasteiger partial charge in [-0.1, -0.05) is 30.2 Å². The van der Waals surface area contributed by atoms with Crippen LogP contribution in [-0.2, 0) is 21.2 Å². The molecule has 2 aromatic carbocycles. The predicted molar refractivity (Wildman–Crippen MR) is 109 cm³/mol. The largest absolute Gasteiger partial charge is 0.506 e. The number of phenols is 1. The lowest BCUT2D eigenvalue weighted by Crippen LogP contribution is -2.35. The van der Waals surface area contributed by atoms with Crippen LogP contribution in [-0.4, -0.2) is 36.8 Å². The third kappa shape index (κ3) is 5.04. The van der Waals surface area contributed by atoms with Gasteiger partial charge in [0.1, 0.15) is 5.75 Å². The van der Waals surface area contributed by atoms with Crippen LogP contribution in [0.5, 0.6) is 5.75 Å². The van der Waals surface area contributed by atoms with Gasteiger partial charge in [0.2, 0.25) is 15.9 Å². The molecule has 0 bridgehead atoms. The van der Waals surface area contributed by atoms with Gasteiger partial charge in [-0.25, -0.2) is 8.42 Å². The van der Waals surface area contributed by atoms with Crippen LogP contribution in [0.25, 0.3) is 0 Å². The fourth-order valence-electron chi connectivity index (χ4n) is 3.16. The molecular formula is C20H23ClN2O4S. The van der Waals surface area contributed by atoms with Crippen molar-refractivity contribution in [3.8, 4) is 5.75 Å². The number of sulfonamides is 1. The average molecular weight is 423 g/mol. The SMILES string of the molecule is O=C(CCc1ccc(S(=O)(=O)N2CCCCC2)cc1)Nc1cc(Cl)ccc1O. The van der Waals surface area contributed by atoms with E-state index in [1.54, 1.807) is 24.3 Å². The third-order valence-corrected chi connectivity index (χ3v) is 6.90. The Hall–Kier alpha value is -2.09. The van der Waals surface area contributed by atoms with E-state index in [4.69, 9.17) is 11.6 Å². The van der Waals surface area contributed by atoms with Gasteiger partial charge in [0.15, 0.2) is 0 Å². The second kappa shape index (κ2) is 8.94. The lowest BCUT2D eigenvalue weighted by molar-refractivity contribution is -0.116. The van der Waals surface area contributed by atoms with E-state index >= 15 is 0 Å². The smallest absolute Gasteiger partial charge is 0.243 e. The molecule has 6 nitrogen and oxygen atoms in total. The van der Waals surface area contributed by atoms with Gasteiger partial charge in [-0.2, -0.15) is 4.31 Å². The number of aryl methyl sites for hydroxylation is 1. The number of hydrogen-bond acceptors (Lipinski definition) is 4. The topological polar surface area (TPSA) is 86.7 Å². The lowest BCUT2D eigenvalue weighted by atomic mass is 10.1. The van der Waals surface area contributed by atoms with Crippen molar-refractivity contribution < 1.29 is 18.3 Å². The Bertz CT molecular complexity index is 939. The van der Waals surface area contributed by atoms with Crippen LogP contribution < -0.4 is 5.32 Å². The summed E-state index contributed by atoms with van der Waals surface area (Å²) in [5.41, 5.74) is 1.13. The first kappa shape index (κ1) is 20.6. The van der Waals surface area contributed by atoms with E-state index < -0.39 is 10.0 Å². The van der Waals surface area contributed by atoms with Gasteiger partial charge >= 0.3 is 0 Å². The molecule has 1 amide bonds. The first-order valence-corrected chi connectivity index (χ1v) is 11.1. The molecule has 0 radical (unpaired) electrons. The number of piperidine rings is 1. The number of halogens is 1. The van der Waals surface area contributed by atoms with Crippen molar-refractivity contribution in [3.05, 3.63) is 53.1 Å². The summed E-state index contributed by atoms with van der Waals surface area (Å²) in [4.78, 5) is 12.4. The summed E-state index contributed by atoms with van der Waals surface area (Å²) in [5, 5.41) is 12.8. The first-order chi connectivity index (χ1) is 13.4. The second-order valence-electron chi connectivity index (χ2n) is 6.82. The summed E-state index contributed by atoms with van der Waals surface area (Å²) in [6.45, 7) is 1.14. The fourth-order valence-corrected chi connectivity index (χ4v) is 4.85. The Kier molecular flexibility index (Phi) is 6.59. The third-order valence-electron chi connectivity index (χ3n) is 4.75. The van der Waals surface area contributed by atoms with Gasteiger partial charge in [0.05, 0.1) is 10.6 Å². The van der Waals surface area contributed by atoms with Crippen LogP contribution in [0.15, 0.2) is 47.4 Å². The van der Waals surface area contributed by atoms with Gasteiger partial charge < -0.3 is 10.4 Å². The number of carbonyl (C=O) groups excluding carboxylic acids is 1. The second-order valence-corrected chi connectivity index (χ2v) is 9.19. The Morgan fingerprint density at radius 1 is 1.07 bits per heavy atom. The maximum absolute atomic E-state index is 12.7. The molecule has 0 unspecified atom stereocenters. The Balaban J connectivity index is 1.58. The van der Waals surface area contributed by atoms with Gasteiger partial charge in [-0.3, -0.25) is 4.79 Å². The molecule has 3 rings (SSSR count). The standard InChI is InChI=1S/C20H23ClN2O4S/c21-16-7-10-19(24)18(14-16)22-20(25)11-6-15-4-8-17(9-5-15)28(26,27)23-12-2-1-3-13-23/h4-5,7-10,14,24H,1-3,6,11-13H2,(H,22,25). The summed E-state index contributed by atoms with van der Waals surface area (Å²) in [6, 6.07) is 11.1. The zero-order valence-corrected chi connectivity index (χ0v) is 17.0. The summed E-state index contributed by atoms with van der Waals surface area (Å²) in [7, 11) is -3.45. The van der Waals surface area contributed by atoms with Crippen molar-refractivity contribution in [2.24, 2.45) is 0 Å². The maximum atomic E-state index is 12.7. The van der Waals surface area contributed by atoms with E-state index in [-0.39, 0.29) is 28.7 Å². The zero-order valence-electron chi connectivity index (χ0n) is 15.4. The van der Waals surface area contributed by atoms with E-state index in [0.717, 1.165) is 24.8 Å². The van der Waals surface area contributed by atoms with E-state index in [1.807, 2.05) is 0 Å². The lowest BCUT2D eigenvalue weighted by Gasteiger charge is -2.25. The van der Waals surface area contributed by atoms with E-state index in [1.165, 1.54) is 22.5 Å². The Morgan fingerprint density at radius 2 is 1.75 bits per heavy atom. The fraction of sp³-hybridized carbons (Fsp3) is 0.350. The Labute approximate surface area is 170 Å². The number of aromatic hydroxyl groups is 1. The number of nitrogens with one attached hydrogen (secondary N) is 1. The number of anilines is 1. The van der Waals surface area contributed by atoms with Crippen LogP contribution in [0, 0.1) is 0 Å². The van der Waals surface area contributed by atoms with Gasteiger partial charge in [-0.15, -0.1) is 0 Å². The molecule has 2 N–H and O–H groups in total. The number of benzene rings is 2. The molecule has 0 atom stereocenters. The predicted octanol–water partition coefficient (Wildman–Crippen LogP) is 3.79. The van der Waals surface area contributed by atoms with Gasteiger partial charge in [0.25, 0.3) is 0 Å². The zero-order chi connectivity index (χ0) is 20.1. The van der Waals surface area contributed by atoms with Crippen LogP contribution in [0.4, 0.5) is 5.69 Å². The highest BCUT2D eigenvalue weighted by atomic mass is 35.5. The molecule has 1 fully saturated rings. The minimum absolute atomic E-state index is 0.0509. The molecule has 0 aliphatic carbocycles. The van der Waals surface area contributed by atoms with Crippen molar-refractivity contribution in [3.63, 3.8) is 0 Å². The van der Waals surface area contributed by atoms with E-state index in [9.17, 15) is 18.3 Å². The maximum Gasteiger partial charge on any atom is 0.243 e. The number of phenolic OH excluding ortho intramolecular Hbond substituents is 1. The molecule has 0 spiro atoms. The Morgan fingerprint density at radius 3 is 2.43 bits per heavy atom. The number of nitrogens with zero attached hydrogens (tertiary/aromatic N) is 1. The van der Waals surface area contributed by atoms with Crippen LogP contribution in [0.2, 0.25) is 5.02 Å². The van der Waals surface area contributed by atoms with Crippen LogP contribution in [0.3, 0.4) is 0 Å². The molecule has 1 aliphatic rings. The summed E-state index contributed by atoms with van der Waals surface area (Å²) < 4.78 is 26.8. The number of carbonyl (C=O) groups is 1. The molecule has 0 aromatic heterocycles. The van der Waals surface area contributed by atoms with Crippen LogP contribution >= 0.6 is 11.6 Å². The molecular weight excluding hydrogens is 400 g/mol. The molecule has 1 aliphatic heterocycles. The van der Waals surface area contributed by atoms with Gasteiger partial charge in [0, 0.05) is 24.5 Å². The van der Waals surface area contributed by atoms with Crippen LogP contribution in [0.1, 0.15) is 31.2 Å². The molecule has 2 aromatic rings. The van der Waals surface area contributed by atoms with E-state index in [2.05, 4.69) is 5.32 Å². The van der Waals surface area contributed by atoms with Gasteiger partial charge in [-0.05, 0) is 55.2 Å².